The van der Waals surface area contributed by atoms with Crippen LogP contribution in [0.5, 0.6) is 5.75 Å². The number of hydrogen-bond acceptors (Lipinski definition) is 5. The number of nitro groups is 1. The van der Waals surface area contributed by atoms with Gasteiger partial charge >= 0.3 is 12.0 Å². The minimum atomic E-state index is -1.47. The fourth-order valence-corrected chi connectivity index (χ4v) is 3.99. The predicted molar refractivity (Wildman–Crippen MR) is 125 cm³/mol. The Balaban J connectivity index is 2.01. The monoisotopic (exact) mass is 459 g/mol. The Kier molecular flexibility index (Phi) is 6.26. The van der Waals surface area contributed by atoms with E-state index in [0.717, 1.165) is 11.1 Å². The standard InChI is InChI=1S/C25H21N3O6/c1-2-34-19-14-17(13-18(28(32)33)21(19)24(29)30)23-20(15-9-5-3-6-10-15)22(26-25(31)27-23)16-11-7-4-8-12-16/h3-14,23H,2H2,1H3,(H,29,30)(H2,26,27,31). The van der Waals surface area contributed by atoms with Crippen molar-refractivity contribution >= 4 is 29.0 Å². The molecule has 3 aromatic carbocycles. The van der Waals surface area contributed by atoms with Crippen LogP contribution in [0.2, 0.25) is 0 Å². The van der Waals surface area contributed by atoms with Crippen LogP contribution in [0, 0.1) is 10.1 Å². The summed E-state index contributed by atoms with van der Waals surface area (Å²) in [4.78, 5) is 35.5. The van der Waals surface area contributed by atoms with Crippen LogP contribution < -0.4 is 15.4 Å². The topological polar surface area (TPSA) is 131 Å². The highest BCUT2D eigenvalue weighted by molar-refractivity contribution is 6.03. The highest BCUT2D eigenvalue weighted by Gasteiger charge is 2.34. The Labute approximate surface area is 194 Å². The van der Waals surface area contributed by atoms with Crippen LogP contribution in [0.15, 0.2) is 72.8 Å². The van der Waals surface area contributed by atoms with Crippen molar-refractivity contribution in [2.45, 2.75) is 13.0 Å². The fraction of sp³-hybridized carbons (Fsp3) is 0.120. The number of carboxylic acids is 1. The molecule has 3 N–H and O–H groups in total. The maximum Gasteiger partial charge on any atom is 0.346 e. The lowest BCUT2D eigenvalue weighted by molar-refractivity contribution is -0.385. The second-order valence-electron chi connectivity index (χ2n) is 7.46. The van der Waals surface area contributed by atoms with Crippen LogP contribution in [-0.4, -0.2) is 28.6 Å². The zero-order chi connectivity index (χ0) is 24.2. The number of nitro benzene ring substituents is 1. The Bertz CT molecular complexity index is 1290. The van der Waals surface area contributed by atoms with Gasteiger partial charge in [-0.2, -0.15) is 0 Å². The number of carboxylic acid groups (broad SMARTS) is 1. The molecule has 9 nitrogen and oxygen atoms in total. The minimum Gasteiger partial charge on any atom is -0.493 e. The van der Waals surface area contributed by atoms with Crippen molar-refractivity contribution < 1.29 is 24.4 Å². The molecule has 34 heavy (non-hydrogen) atoms. The molecule has 0 aromatic heterocycles. The van der Waals surface area contributed by atoms with Gasteiger partial charge in [-0.05, 0) is 29.7 Å². The number of benzene rings is 3. The molecule has 0 fully saturated rings. The lowest BCUT2D eigenvalue weighted by Crippen LogP contribution is -2.43. The van der Waals surface area contributed by atoms with E-state index in [1.54, 1.807) is 6.92 Å². The lowest BCUT2D eigenvalue weighted by Gasteiger charge is -2.31. The van der Waals surface area contributed by atoms with Crippen LogP contribution >= 0.6 is 0 Å². The number of nitrogens with zero attached hydrogens (tertiary/aromatic N) is 1. The molecule has 1 heterocycles. The third-order valence-corrected chi connectivity index (χ3v) is 5.37. The number of carbonyl (C=O) groups is 2. The Hall–Kier alpha value is -4.66. The molecule has 1 aliphatic rings. The second kappa shape index (κ2) is 9.45. The lowest BCUT2D eigenvalue weighted by atomic mass is 9.87. The SMILES string of the molecule is CCOc1cc(C2NC(=O)NC(c3ccccc3)=C2c2ccccc2)cc([N+](=O)[O-])c1C(=O)O. The van der Waals surface area contributed by atoms with Crippen molar-refractivity contribution in [3.05, 3.63) is 105 Å². The summed E-state index contributed by atoms with van der Waals surface area (Å²) in [5.41, 5.74) is 1.92. The molecule has 1 aliphatic heterocycles. The summed E-state index contributed by atoms with van der Waals surface area (Å²) < 4.78 is 5.47. The number of aromatic carboxylic acids is 1. The minimum absolute atomic E-state index is 0.107. The molecule has 0 bridgehead atoms. The van der Waals surface area contributed by atoms with Gasteiger partial charge in [0.1, 0.15) is 5.75 Å². The van der Waals surface area contributed by atoms with Gasteiger partial charge in [0.05, 0.1) is 23.3 Å². The molecule has 1 atom stereocenters. The zero-order valence-electron chi connectivity index (χ0n) is 18.1. The first-order valence-corrected chi connectivity index (χ1v) is 10.5. The molecular weight excluding hydrogens is 438 g/mol. The number of nitrogens with one attached hydrogen (secondary N) is 2. The number of ether oxygens (including phenoxy) is 1. The van der Waals surface area contributed by atoms with E-state index in [0.29, 0.717) is 16.8 Å². The van der Waals surface area contributed by atoms with Crippen LogP contribution in [0.25, 0.3) is 11.3 Å². The van der Waals surface area contributed by atoms with E-state index in [1.807, 2.05) is 60.7 Å². The van der Waals surface area contributed by atoms with Gasteiger partial charge in [0, 0.05) is 11.6 Å². The van der Waals surface area contributed by atoms with Crippen molar-refractivity contribution in [2.75, 3.05) is 6.61 Å². The maximum atomic E-state index is 12.7. The summed E-state index contributed by atoms with van der Waals surface area (Å²) in [5.74, 6) is -1.61. The molecule has 172 valence electrons. The Morgan fingerprint density at radius 2 is 1.68 bits per heavy atom. The smallest absolute Gasteiger partial charge is 0.346 e. The van der Waals surface area contributed by atoms with Crippen LogP contribution in [0.4, 0.5) is 10.5 Å². The van der Waals surface area contributed by atoms with E-state index < -0.39 is 34.2 Å². The van der Waals surface area contributed by atoms with Crippen molar-refractivity contribution in [2.24, 2.45) is 0 Å². The van der Waals surface area contributed by atoms with Crippen LogP contribution in [0.3, 0.4) is 0 Å². The van der Waals surface area contributed by atoms with Gasteiger partial charge in [-0.25, -0.2) is 9.59 Å². The number of amides is 2. The van der Waals surface area contributed by atoms with E-state index in [1.165, 1.54) is 12.1 Å². The average Bonchev–Trinajstić information content (AvgIpc) is 2.84. The maximum absolute atomic E-state index is 12.7. The van der Waals surface area contributed by atoms with Gasteiger partial charge in [-0.15, -0.1) is 0 Å². The van der Waals surface area contributed by atoms with Crippen molar-refractivity contribution in [1.82, 2.24) is 10.6 Å². The van der Waals surface area contributed by atoms with Crippen molar-refractivity contribution in [1.29, 1.82) is 0 Å². The van der Waals surface area contributed by atoms with Crippen LogP contribution in [-0.2, 0) is 0 Å². The summed E-state index contributed by atoms with van der Waals surface area (Å²) >= 11 is 0. The molecule has 4 rings (SSSR count). The van der Waals surface area contributed by atoms with Gasteiger partial charge in [0.2, 0.25) is 0 Å². The van der Waals surface area contributed by atoms with Crippen molar-refractivity contribution in [3.63, 3.8) is 0 Å². The van der Waals surface area contributed by atoms with E-state index in [4.69, 9.17) is 4.74 Å². The third kappa shape index (κ3) is 4.31. The van der Waals surface area contributed by atoms with Gasteiger partial charge in [-0.3, -0.25) is 10.1 Å². The number of rotatable bonds is 7. The Morgan fingerprint density at radius 1 is 1.06 bits per heavy atom. The molecule has 0 aliphatic carbocycles. The summed E-state index contributed by atoms with van der Waals surface area (Å²) in [6.07, 6.45) is 0. The predicted octanol–water partition coefficient (Wildman–Crippen LogP) is 4.61. The first-order chi connectivity index (χ1) is 16.4. The molecule has 0 saturated heterocycles. The molecule has 0 radical (unpaired) electrons. The largest absolute Gasteiger partial charge is 0.493 e. The van der Waals surface area contributed by atoms with E-state index in [-0.39, 0.29) is 12.4 Å². The van der Waals surface area contributed by atoms with Crippen molar-refractivity contribution in [3.8, 4) is 5.75 Å². The first kappa shape index (κ1) is 22.5. The summed E-state index contributed by atoms with van der Waals surface area (Å²) in [6.45, 7) is 1.76. The third-order valence-electron chi connectivity index (χ3n) is 5.37. The van der Waals surface area contributed by atoms with Gasteiger partial charge in [-0.1, -0.05) is 60.7 Å². The molecule has 0 saturated carbocycles. The van der Waals surface area contributed by atoms with E-state index in [2.05, 4.69) is 10.6 Å². The summed E-state index contributed by atoms with van der Waals surface area (Å²) in [6, 6.07) is 19.8. The highest BCUT2D eigenvalue weighted by atomic mass is 16.6. The normalized spacial score (nSPS) is 15.3. The highest BCUT2D eigenvalue weighted by Crippen LogP contribution is 2.41. The van der Waals surface area contributed by atoms with E-state index >= 15 is 0 Å². The molecule has 3 aromatic rings. The van der Waals surface area contributed by atoms with Gasteiger partial charge < -0.3 is 20.5 Å². The summed E-state index contributed by atoms with van der Waals surface area (Å²) in [5, 5.41) is 27.1. The summed E-state index contributed by atoms with van der Waals surface area (Å²) in [7, 11) is 0. The molecule has 1 unspecified atom stereocenters. The Morgan fingerprint density at radius 3 is 2.24 bits per heavy atom. The number of carbonyl (C=O) groups excluding carboxylic acids is 1. The molecular formula is C25H21N3O6. The molecule has 0 spiro atoms. The average molecular weight is 459 g/mol. The fourth-order valence-electron chi connectivity index (χ4n) is 3.99. The zero-order valence-corrected chi connectivity index (χ0v) is 18.1. The quantitative estimate of drug-likeness (QED) is 0.349. The second-order valence-corrected chi connectivity index (χ2v) is 7.46. The molecule has 2 amide bonds. The van der Waals surface area contributed by atoms with Gasteiger partial charge in [0.15, 0.2) is 5.56 Å². The van der Waals surface area contributed by atoms with E-state index in [9.17, 15) is 24.8 Å². The molecule has 9 heteroatoms. The van der Waals surface area contributed by atoms with Gasteiger partial charge in [0.25, 0.3) is 5.69 Å². The number of hydrogen-bond donors (Lipinski definition) is 3. The number of urea groups is 1. The van der Waals surface area contributed by atoms with Crippen LogP contribution in [0.1, 0.15) is 40.0 Å². The first-order valence-electron chi connectivity index (χ1n) is 10.5.